The van der Waals surface area contributed by atoms with Gasteiger partial charge < -0.3 is 14.2 Å². The lowest BCUT2D eigenvalue weighted by molar-refractivity contribution is -0.402. The normalized spacial score (nSPS) is 10.9. The van der Waals surface area contributed by atoms with Crippen molar-refractivity contribution in [1.29, 1.82) is 0 Å². The molecular formula is C20H15N3O5. The van der Waals surface area contributed by atoms with Crippen molar-refractivity contribution in [3.8, 4) is 11.5 Å². The van der Waals surface area contributed by atoms with Gasteiger partial charge in [0, 0.05) is 11.3 Å². The van der Waals surface area contributed by atoms with Gasteiger partial charge in [-0.3, -0.25) is 14.9 Å². The van der Waals surface area contributed by atoms with E-state index in [-0.39, 0.29) is 5.76 Å². The average molecular weight is 377 g/mol. The third-order valence-electron chi connectivity index (χ3n) is 4.25. The maximum absolute atomic E-state index is 12.1. The molecule has 4 rings (SSSR count). The highest BCUT2D eigenvalue weighted by Crippen LogP contribution is 2.26. The number of fused-ring (bicyclic) bond motifs is 1. The molecule has 140 valence electrons. The molecule has 0 bridgehead atoms. The Balaban J connectivity index is 1.52. The summed E-state index contributed by atoms with van der Waals surface area (Å²) >= 11 is 0. The van der Waals surface area contributed by atoms with Gasteiger partial charge in [0.2, 0.25) is 5.89 Å². The molecule has 0 aliphatic rings. The fourth-order valence-electron chi connectivity index (χ4n) is 2.75. The molecule has 0 fully saturated rings. The van der Waals surface area contributed by atoms with Crippen LogP contribution in [0.1, 0.15) is 23.0 Å². The number of hydrogen-bond donors (Lipinski definition) is 1. The Morgan fingerprint density at radius 3 is 2.57 bits per heavy atom. The van der Waals surface area contributed by atoms with Gasteiger partial charge in [-0.15, -0.1) is 0 Å². The van der Waals surface area contributed by atoms with Crippen molar-refractivity contribution in [2.75, 3.05) is 5.32 Å². The summed E-state index contributed by atoms with van der Waals surface area (Å²) in [6, 6.07) is 15.2. The molecule has 0 radical (unpaired) electrons. The van der Waals surface area contributed by atoms with Gasteiger partial charge in [-0.25, -0.2) is 4.98 Å². The number of amides is 1. The molecule has 0 spiro atoms. The van der Waals surface area contributed by atoms with Gasteiger partial charge >= 0.3 is 5.88 Å². The Bertz CT molecular complexity index is 1170. The van der Waals surface area contributed by atoms with Crippen LogP contribution in [0, 0.1) is 10.1 Å². The van der Waals surface area contributed by atoms with Crippen LogP contribution in [0.5, 0.6) is 0 Å². The second-order valence-corrected chi connectivity index (χ2v) is 6.10. The van der Waals surface area contributed by atoms with Crippen LogP contribution in [0.25, 0.3) is 22.6 Å². The molecule has 1 amide bonds. The second kappa shape index (κ2) is 6.99. The number of aromatic nitrogens is 1. The van der Waals surface area contributed by atoms with Gasteiger partial charge in [-0.05, 0) is 54.4 Å². The Kier molecular flexibility index (Phi) is 4.36. The summed E-state index contributed by atoms with van der Waals surface area (Å²) in [6.45, 7) is 2.08. The van der Waals surface area contributed by atoms with Crippen LogP contribution in [0.2, 0.25) is 0 Å². The second-order valence-electron chi connectivity index (χ2n) is 6.10. The minimum absolute atomic E-state index is 0.138. The lowest BCUT2D eigenvalue weighted by Crippen LogP contribution is -2.10. The molecule has 8 nitrogen and oxygen atoms in total. The number of benzene rings is 2. The van der Waals surface area contributed by atoms with Gasteiger partial charge in [-0.1, -0.05) is 13.0 Å². The summed E-state index contributed by atoms with van der Waals surface area (Å²) in [5.74, 6) is -0.707. The summed E-state index contributed by atoms with van der Waals surface area (Å²) < 4.78 is 10.7. The van der Waals surface area contributed by atoms with E-state index in [1.54, 1.807) is 24.3 Å². The first kappa shape index (κ1) is 17.5. The van der Waals surface area contributed by atoms with Crippen molar-refractivity contribution in [3.05, 3.63) is 76.0 Å². The molecule has 1 N–H and O–H groups in total. The molecule has 0 aliphatic carbocycles. The van der Waals surface area contributed by atoms with Crippen molar-refractivity contribution in [2.45, 2.75) is 13.3 Å². The summed E-state index contributed by atoms with van der Waals surface area (Å²) in [5.41, 5.74) is 3.97. The summed E-state index contributed by atoms with van der Waals surface area (Å²) in [4.78, 5) is 26.6. The van der Waals surface area contributed by atoms with Crippen molar-refractivity contribution < 1.29 is 18.6 Å². The van der Waals surface area contributed by atoms with Gasteiger partial charge in [0.1, 0.15) is 10.4 Å². The van der Waals surface area contributed by atoms with E-state index in [1.807, 2.05) is 18.2 Å². The summed E-state index contributed by atoms with van der Waals surface area (Å²) in [7, 11) is 0. The van der Waals surface area contributed by atoms with Crippen molar-refractivity contribution >= 4 is 28.6 Å². The number of furan rings is 1. The zero-order valence-corrected chi connectivity index (χ0v) is 14.8. The van der Waals surface area contributed by atoms with Crippen LogP contribution in [-0.4, -0.2) is 15.8 Å². The molecule has 0 saturated heterocycles. The van der Waals surface area contributed by atoms with E-state index in [0.29, 0.717) is 17.2 Å². The lowest BCUT2D eigenvalue weighted by Gasteiger charge is -2.03. The maximum atomic E-state index is 12.1. The average Bonchev–Trinajstić information content (AvgIpc) is 3.35. The van der Waals surface area contributed by atoms with E-state index >= 15 is 0 Å². The molecule has 0 unspecified atom stereocenters. The quantitative estimate of drug-likeness (QED) is 0.394. The standard InChI is InChI=1S/C20H15N3O5/c1-2-12-3-8-16-15(11-12)22-20(28-16)13-4-6-14(7-5-13)21-19(24)17-9-10-18(27-17)23(25)26/h3-11H,2H2,1H3,(H,21,24). The van der Waals surface area contributed by atoms with Crippen LogP contribution < -0.4 is 5.32 Å². The monoisotopic (exact) mass is 377 g/mol. The Morgan fingerprint density at radius 2 is 1.89 bits per heavy atom. The summed E-state index contributed by atoms with van der Waals surface area (Å²) in [6.07, 6.45) is 0.922. The number of aryl methyl sites for hydroxylation is 1. The molecule has 2 aromatic carbocycles. The van der Waals surface area contributed by atoms with Crippen LogP contribution in [-0.2, 0) is 6.42 Å². The van der Waals surface area contributed by atoms with Crippen molar-refractivity contribution in [1.82, 2.24) is 4.98 Å². The van der Waals surface area contributed by atoms with Crippen LogP contribution in [0.3, 0.4) is 0 Å². The van der Waals surface area contributed by atoms with E-state index in [4.69, 9.17) is 8.83 Å². The number of oxazole rings is 1. The molecule has 0 atom stereocenters. The fourth-order valence-corrected chi connectivity index (χ4v) is 2.75. The topological polar surface area (TPSA) is 111 Å². The molecule has 4 aromatic rings. The molecule has 0 saturated carbocycles. The fraction of sp³-hybridized carbons (Fsp3) is 0.100. The minimum atomic E-state index is -0.699. The van der Waals surface area contributed by atoms with Crippen molar-refractivity contribution in [3.63, 3.8) is 0 Å². The zero-order chi connectivity index (χ0) is 19.7. The number of rotatable bonds is 5. The van der Waals surface area contributed by atoms with Gasteiger partial charge in [0.05, 0.1) is 6.07 Å². The predicted molar refractivity (Wildman–Crippen MR) is 102 cm³/mol. The molecular weight excluding hydrogens is 362 g/mol. The Hall–Kier alpha value is -3.94. The number of nitro groups is 1. The van der Waals surface area contributed by atoms with Gasteiger partial charge in [0.15, 0.2) is 11.3 Å². The lowest BCUT2D eigenvalue weighted by atomic mass is 10.1. The number of anilines is 1. The van der Waals surface area contributed by atoms with E-state index in [0.717, 1.165) is 23.6 Å². The number of nitrogens with zero attached hydrogens (tertiary/aromatic N) is 2. The first-order valence-electron chi connectivity index (χ1n) is 8.59. The van der Waals surface area contributed by atoms with E-state index in [2.05, 4.69) is 17.2 Å². The number of carbonyl (C=O) groups excluding carboxylic acids is 1. The predicted octanol–water partition coefficient (Wildman–Crippen LogP) is 4.81. The minimum Gasteiger partial charge on any atom is -0.436 e. The van der Waals surface area contributed by atoms with Crippen LogP contribution in [0.4, 0.5) is 11.6 Å². The maximum Gasteiger partial charge on any atom is 0.433 e. The van der Waals surface area contributed by atoms with Gasteiger partial charge in [-0.2, -0.15) is 0 Å². The molecule has 2 heterocycles. The molecule has 2 aromatic heterocycles. The number of nitrogens with one attached hydrogen (secondary N) is 1. The first-order chi connectivity index (χ1) is 13.5. The highest BCUT2D eigenvalue weighted by atomic mass is 16.6. The third kappa shape index (κ3) is 3.35. The summed E-state index contributed by atoms with van der Waals surface area (Å²) in [5, 5.41) is 13.3. The number of hydrogen-bond acceptors (Lipinski definition) is 6. The SMILES string of the molecule is CCc1ccc2oc(-c3ccc(NC(=O)c4ccc([N+](=O)[O-])o4)cc3)nc2c1. The van der Waals surface area contributed by atoms with E-state index in [1.165, 1.54) is 11.6 Å². The number of carbonyl (C=O) groups is 1. The van der Waals surface area contributed by atoms with E-state index < -0.39 is 16.7 Å². The zero-order valence-electron chi connectivity index (χ0n) is 14.8. The molecule has 8 heteroatoms. The highest BCUT2D eigenvalue weighted by molar-refractivity contribution is 6.02. The first-order valence-corrected chi connectivity index (χ1v) is 8.59. The van der Waals surface area contributed by atoms with Crippen LogP contribution >= 0.6 is 0 Å². The highest BCUT2D eigenvalue weighted by Gasteiger charge is 2.17. The van der Waals surface area contributed by atoms with Crippen molar-refractivity contribution in [2.24, 2.45) is 0 Å². The Labute approximate surface area is 158 Å². The third-order valence-corrected chi connectivity index (χ3v) is 4.25. The molecule has 28 heavy (non-hydrogen) atoms. The van der Waals surface area contributed by atoms with Gasteiger partial charge in [0.25, 0.3) is 5.91 Å². The van der Waals surface area contributed by atoms with E-state index in [9.17, 15) is 14.9 Å². The largest absolute Gasteiger partial charge is 0.436 e. The Morgan fingerprint density at radius 1 is 1.11 bits per heavy atom. The van der Waals surface area contributed by atoms with Crippen LogP contribution in [0.15, 0.2) is 63.4 Å². The smallest absolute Gasteiger partial charge is 0.433 e. The molecule has 0 aliphatic heterocycles.